The summed E-state index contributed by atoms with van der Waals surface area (Å²) < 4.78 is 5.65. The highest BCUT2D eigenvalue weighted by molar-refractivity contribution is 9.10. The van der Waals surface area contributed by atoms with E-state index in [9.17, 15) is 4.79 Å². The first kappa shape index (κ1) is 12.6. The van der Waals surface area contributed by atoms with Crippen molar-refractivity contribution in [2.45, 2.75) is 25.8 Å². The Hall–Kier alpha value is -0.810. The maximum atomic E-state index is 12.4. The predicted octanol–water partition coefficient (Wildman–Crippen LogP) is 2.26. The van der Waals surface area contributed by atoms with Crippen molar-refractivity contribution in [3.8, 4) is 0 Å². The molecule has 1 aromatic rings. The largest absolute Gasteiger partial charge is 0.457 e. The van der Waals surface area contributed by atoms with Crippen molar-refractivity contribution < 1.29 is 9.21 Å². The molecular formula is C12H17BrN2O2. The summed E-state index contributed by atoms with van der Waals surface area (Å²) in [6.07, 6.45) is 3.53. The molecule has 1 N–H and O–H groups in total. The van der Waals surface area contributed by atoms with Gasteiger partial charge in [0, 0.05) is 19.1 Å². The van der Waals surface area contributed by atoms with E-state index in [1.165, 1.54) is 6.26 Å². The fraction of sp³-hybridized carbons (Fsp3) is 0.583. The van der Waals surface area contributed by atoms with Gasteiger partial charge >= 0.3 is 0 Å². The summed E-state index contributed by atoms with van der Waals surface area (Å²) in [7, 11) is 0. The van der Waals surface area contributed by atoms with E-state index in [0.29, 0.717) is 16.3 Å². The lowest BCUT2D eigenvalue weighted by Crippen LogP contribution is -2.42. The number of carbonyl (C=O) groups excluding carboxylic acids is 1. The van der Waals surface area contributed by atoms with Gasteiger partial charge in [-0.1, -0.05) is 6.92 Å². The second-order valence-electron chi connectivity index (χ2n) is 4.25. The number of amides is 1. The minimum Gasteiger partial charge on any atom is -0.457 e. The molecule has 0 bridgehead atoms. The number of carbonyl (C=O) groups is 1. The van der Waals surface area contributed by atoms with E-state index in [4.69, 9.17) is 4.42 Å². The van der Waals surface area contributed by atoms with Gasteiger partial charge in [0.1, 0.15) is 0 Å². The molecule has 0 saturated carbocycles. The molecule has 0 radical (unpaired) electrons. The molecule has 4 nitrogen and oxygen atoms in total. The minimum atomic E-state index is 0.0566. The normalized spacial score (nSPS) is 19.5. The maximum Gasteiger partial charge on any atom is 0.258 e. The first-order valence-electron chi connectivity index (χ1n) is 5.98. The molecule has 5 heteroatoms. The van der Waals surface area contributed by atoms with Crippen LogP contribution in [0.4, 0.5) is 0 Å². The molecule has 94 valence electrons. The molecular weight excluding hydrogens is 284 g/mol. The van der Waals surface area contributed by atoms with Crippen LogP contribution in [0.15, 0.2) is 21.4 Å². The molecule has 1 aromatic heterocycles. The zero-order valence-corrected chi connectivity index (χ0v) is 11.5. The second-order valence-corrected chi connectivity index (χ2v) is 4.97. The van der Waals surface area contributed by atoms with Crippen LogP contribution in [0.1, 0.15) is 30.1 Å². The first-order chi connectivity index (χ1) is 8.24. The van der Waals surface area contributed by atoms with E-state index in [0.717, 1.165) is 32.5 Å². The van der Waals surface area contributed by atoms with Crippen molar-refractivity contribution in [3.63, 3.8) is 0 Å². The van der Waals surface area contributed by atoms with Crippen molar-refractivity contribution in [1.82, 2.24) is 10.2 Å². The highest BCUT2D eigenvalue weighted by Crippen LogP contribution is 2.21. The maximum absolute atomic E-state index is 12.4. The zero-order chi connectivity index (χ0) is 12.3. The van der Waals surface area contributed by atoms with E-state index in [1.807, 2.05) is 4.90 Å². The lowest BCUT2D eigenvalue weighted by molar-refractivity contribution is 0.0690. The number of nitrogens with one attached hydrogen (secondary N) is 1. The summed E-state index contributed by atoms with van der Waals surface area (Å²) in [5, 5.41) is 3.30. The molecule has 1 atom stereocenters. The molecule has 0 aromatic carbocycles. The number of furan rings is 1. The summed E-state index contributed by atoms with van der Waals surface area (Å²) >= 11 is 3.27. The molecule has 1 aliphatic rings. The predicted molar refractivity (Wildman–Crippen MR) is 69.0 cm³/mol. The molecule has 1 aliphatic heterocycles. The standard InChI is InChI=1S/C12H17BrN2O2/c1-2-6-15(9-3-5-14-8-9)12(16)10-4-7-17-11(10)13/h4,7,9,14H,2-3,5-6,8H2,1H3. The van der Waals surface area contributed by atoms with Crippen molar-refractivity contribution in [1.29, 1.82) is 0 Å². The Morgan fingerprint density at radius 3 is 3.06 bits per heavy atom. The minimum absolute atomic E-state index is 0.0566. The topological polar surface area (TPSA) is 45.5 Å². The van der Waals surface area contributed by atoms with Crippen LogP contribution >= 0.6 is 15.9 Å². The van der Waals surface area contributed by atoms with E-state index in [1.54, 1.807) is 6.07 Å². The molecule has 2 heterocycles. The first-order valence-corrected chi connectivity index (χ1v) is 6.78. The Balaban J connectivity index is 2.15. The van der Waals surface area contributed by atoms with Crippen LogP contribution in [0.2, 0.25) is 0 Å². The summed E-state index contributed by atoms with van der Waals surface area (Å²) in [6, 6.07) is 2.03. The van der Waals surface area contributed by atoms with Gasteiger partial charge in [-0.3, -0.25) is 4.79 Å². The Morgan fingerprint density at radius 1 is 1.71 bits per heavy atom. The quantitative estimate of drug-likeness (QED) is 0.928. The Kier molecular flexibility index (Phi) is 4.23. The summed E-state index contributed by atoms with van der Waals surface area (Å²) in [5.74, 6) is 0.0566. The zero-order valence-electron chi connectivity index (χ0n) is 9.91. The molecule has 0 spiro atoms. The fourth-order valence-corrected chi connectivity index (χ4v) is 2.61. The van der Waals surface area contributed by atoms with Crippen LogP contribution < -0.4 is 5.32 Å². The van der Waals surface area contributed by atoms with Crippen LogP contribution in [0.25, 0.3) is 0 Å². The average Bonchev–Trinajstić information content (AvgIpc) is 2.95. The van der Waals surface area contributed by atoms with Crippen molar-refractivity contribution in [2.24, 2.45) is 0 Å². The van der Waals surface area contributed by atoms with Crippen molar-refractivity contribution in [3.05, 3.63) is 22.6 Å². The van der Waals surface area contributed by atoms with E-state index in [2.05, 4.69) is 28.2 Å². The van der Waals surface area contributed by atoms with E-state index >= 15 is 0 Å². The van der Waals surface area contributed by atoms with Gasteiger partial charge in [-0.15, -0.1) is 0 Å². The monoisotopic (exact) mass is 300 g/mol. The Morgan fingerprint density at radius 2 is 2.53 bits per heavy atom. The van der Waals surface area contributed by atoms with Crippen LogP contribution in [0, 0.1) is 0 Å². The lowest BCUT2D eigenvalue weighted by atomic mass is 10.1. The molecule has 1 amide bonds. The van der Waals surface area contributed by atoms with Crippen LogP contribution in [-0.2, 0) is 0 Å². The van der Waals surface area contributed by atoms with Crippen molar-refractivity contribution >= 4 is 21.8 Å². The van der Waals surface area contributed by atoms with Crippen LogP contribution in [-0.4, -0.2) is 36.5 Å². The van der Waals surface area contributed by atoms with Crippen molar-refractivity contribution in [2.75, 3.05) is 19.6 Å². The van der Waals surface area contributed by atoms with Gasteiger partial charge in [-0.25, -0.2) is 0 Å². The smallest absolute Gasteiger partial charge is 0.258 e. The number of hydrogen-bond donors (Lipinski definition) is 1. The Bertz CT molecular complexity index is 386. The molecule has 1 unspecified atom stereocenters. The SMILES string of the molecule is CCCN(C(=O)c1ccoc1Br)C1CCNC1. The van der Waals surface area contributed by atoms with Crippen LogP contribution in [0.3, 0.4) is 0 Å². The highest BCUT2D eigenvalue weighted by Gasteiger charge is 2.28. The molecule has 1 fully saturated rings. The summed E-state index contributed by atoms with van der Waals surface area (Å²) in [4.78, 5) is 14.4. The van der Waals surface area contributed by atoms with E-state index in [-0.39, 0.29) is 5.91 Å². The third-order valence-corrected chi connectivity index (χ3v) is 3.66. The molecule has 17 heavy (non-hydrogen) atoms. The van der Waals surface area contributed by atoms with Gasteiger partial charge in [0.2, 0.25) is 0 Å². The molecule has 1 saturated heterocycles. The highest BCUT2D eigenvalue weighted by atomic mass is 79.9. The number of rotatable bonds is 4. The molecule has 0 aliphatic carbocycles. The summed E-state index contributed by atoms with van der Waals surface area (Å²) in [6.45, 7) is 4.77. The van der Waals surface area contributed by atoms with Gasteiger partial charge in [0.25, 0.3) is 5.91 Å². The number of nitrogens with zero attached hydrogens (tertiary/aromatic N) is 1. The van der Waals surface area contributed by atoms with Gasteiger partial charge in [-0.05, 0) is 41.4 Å². The lowest BCUT2D eigenvalue weighted by Gasteiger charge is -2.27. The number of halogens is 1. The summed E-state index contributed by atoms with van der Waals surface area (Å²) in [5.41, 5.74) is 0.616. The van der Waals surface area contributed by atoms with Crippen LogP contribution in [0.5, 0.6) is 0 Å². The van der Waals surface area contributed by atoms with E-state index < -0.39 is 0 Å². The van der Waals surface area contributed by atoms with Gasteiger partial charge < -0.3 is 14.6 Å². The number of hydrogen-bond acceptors (Lipinski definition) is 3. The van der Waals surface area contributed by atoms with Gasteiger partial charge in [0.15, 0.2) is 4.67 Å². The fourth-order valence-electron chi connectivity index (χ4n) is 2.20. The van der Waals surface area contributed by atoms with Gasteiger partial charge in [-0.2, -0.15) is 0 Å². The third kappa shape index (κ3) is 2.72. The molecule has 2 rings (SSSR count). The Labute approximate surface area is 109 Å². The van der Waals surface area contributed by atoms with Gasteiger partial charge in [0.05, 0.1) is 11.8 Å². The average molecular weight is 301 g/mol. The second kappa shape index (κ2) is 5.69. The third-order valence-electron chi connectivity index (χ3n) is 3.05.